The lowest BCUT2D eigenvalue weighted by Crippen LogP contribution is -2.43. The number of nitrogens with one attached hydrogen (secondary N) is 1. The second-order valence-corrected chi connectivity index (χ2v) is 7.94. The van der Waals surface area contributed by atoms with Crippen molar-refractivity contribution >= 4 is 11.7 Å². The Balaban J connectivity index is 1.39. The topological polar surface area (TPSA) is 71.0 Å². The molecule has 154 valence electrons. The Morgan fingerprint density at radius 1 is 1.13 bits per heavy atom. The van der Waals surface area contributed by atoms with Gasteiger partial charge in [0.2, 0.25) is 5.91 Å². The van der Waals surface area contributed by atoms with Crippen molar-refractivity contribution in [2.45, 2.75) is 33.2 Å². The quantitative estimate of drug-likeness (QED) is 0.706. The number of piperidine rings is 1. The van der Waals surface area contributed by atoms with Gasteiger partial charge in [-0.1, -0.05) is 18.2 Å². The number of pyridine rings is 1. The van der Waals surface area contributed by atoms with Crippen molar-refractivity contribution in [3.05, 3.63) is 71.5 Å². The van der Waals surface area contributed by atoms with E-state index in [0.717, 1.165) is 42.0 Å². The SMILES string of the molecule is Cc1ccc(-c2ccc(N3CCCC(C(=O)NCc4cccnc4)C3)nn2)cc1C. The Labute approximate surface area is 177 Å². The van der Waals surface area contributed by atoms with E-state index in [1.807, 2.05) is 24.3 Å². The van der Waals surface area contributed by atoms with Crippen LogP contribution >= 0.6 is 0 Å². The summed E-state index contributed by atoms with van der Waals surface area (Å²) in [5.74, 6) is 0.868. The van der Waals surface area contributed by atoms with Gasteiger partial charge in [-0.15, -0.1) is 10.2 Å². The van der Waals surface area contributed by atoms with E-state index in [9.17, 15) is 4.79 Å². The molecule has 0 spiro atoms. The molecular formula is C24H27N5O. The Bertz CT molecular complexity index is 1000. The van der Waals surface area contributed by atoms with Crippen molar-refractivity contribution in [1.82, 2.24) is 20.5 Å². The van der Waals surface area contributed by atoms with Gasteiger partial charge in [-0.2, -0.15) is 0 Å². The number of carbonyl (C=O) groups excluding carboxylic acids is 1. The van der Waals surface area contributed by atoms with Crippen molar-refractivity contribution in [2.24, 2.45) is 5.92 Å². The third-order valence-electron chi connectivity index (χ3n) is 5.76. The largest absolute Gasteiger partial charge is 0.354 e. The molecule has 1 aromatic carbocycles. The molecular weight excluding hydrogens is 374 g/mol. The van der Waals surface area contributed by atoms with Crippen molar-refractivity contribution < 1.29 is 4.79 Å². The summed E-state index contributed by atoms with van der Waals surface area (Å²) >= 11 is 0. The second kappa shape index (κ2) is 9.03. The van der Waals surface area contributed by atoms with E-state index in [2.05, 4.69) is 57.4 Å². The first-order valence-electron chi connectivity index (χ1n) is 10.4. The Hall–Kier alpha value is -3.28. The highest BCUT2D eigenvalue weighted by molar-refractivity contribution is 5.79. The van der Waals surface area contributed by atoms with Gasteiger partial charge in [0, 0.05) is 37.6 Å². The summed E-state index contributed by atoms with van der Waals surface area (Å²) in [5, 5.41) is 11.9. The summed E-state index contributed by atoms with van der Waals surface area (Å²) < 4.78 is 0. The average Bonchev–Trinajstić information content (AvgIpc) is 2.80. The van der Waals surface area contributed by atoms with Crippen LogP contribution in [0.3, 0.4) is 0 Å². The summed E-state index contributed by atoms with van der Waals surface area (Å²) in [6.45, 7) is 6.27. The minimum absolute atomic E-state index is 0.0448. The van der Waals surface area contributed by atoms with E-state index in [1.54, 1.807) is 12.4 Å². The molecule has 0 bridgehead atoms. The summed E-state index contributed by atoms with van der Waals surface area (Å²) in [4.78, 5) is 18.9. The van der Waals surface area contributed by atoms with Gasteiger partial charge < -0.3 is 10.2 Å². The predicted molar refractivity (Wildman–Crippen MR) is 118 cm³/mol. The van der Waals surface area contributed by atoms with E-state index < -0.39 is 0 Å². The second-order valence-electron chi connectivity index (χ2n) is 7.94. The van der Waals surface area contributed by atoms with Crippen LogP contribution in [0.5, 0.6) is 0 Å². The normalized spacial score (nSPS) is 16.3. The fourth-order valence-corrected chi connectivity index (χ4v) is 3.78. The van der Waals surface area contributed by atoms with E-state index in [0.29, 0.717) is 13.1 Å². The first-order valence-corrected chi connectivity index (χ1v) is 10.4. The van der Waals surface area contributed by atoms with E-state index in [1.165, 1.54) is 11.1 Å². The fourth-order valence-electron chi connectivity index (χ4n) is 3.78. The van der Waals surface area contributed by atoms with Crippen LogP contribution < -0.4 is 10.2 Å². The summed E-state index contributed by atoms with van der Waals surface area (Å²) in [5.41, 5.74) is 5.46. The molecule has 1 amide bonds. The van der Waals surface area contributed by atoms with Crippen LogP contribution in [0.1, 0.15) is 29.5 Å². The van der Waals surface area contributed by atoms with Gasteiger partial charge in [0.25, 0.3) is 0 Å². The Morgan fingerprint density at radius 2 is 2.03 bits per heavy atom. The smallest absolute Gasteiger partial charge is 0.225 e. The lowest BCUT2D eigenvalue weighted by Gasteiger charge is -2.32. The highest BCUT2D eigenvalue weighted by atomic mass is 16.1. The minimum Gasteiger partial charge on any atom is -0.354 e. The molecule has 1 unspecified atom stereocenters. The molecule has 0 radical (unpaired) electrons. The maximum atomic E-state index is 12.7. The molecule has 1 N–H and O–H groups in total. The molecule has 2 aromatic heterocycles. The third-order valence-corrected chi connectivity index (χ3v) is 5.76. The van der Waals surface area contributed by atoms with Crippen molar-refractivity contribution in [2.75, 3.05) is 18.0 Å². The molecule has 4 rings (SSSR count). The van der Waals surface area contributed by atoms with Gasteiger partial charge in [0.15, 0.2) is 5.82 Å². The van der Waals surface area contributed by atoms with Gasteiger partial charge in [-0.3, -0.25) is 9.78 Å². The standard InChI is InChI=1S/C24H27N5O/c1-17-7-8-20(13-18(17)2)22-9-10-23(28-27-22)29-12-4-6-21(16-29)24(30)26-15-19-5-3-11-25-14-19/h3,5,7-11,13-14,21H,4,6,12,15-16H2,1-2H3,(H,26,30). The van der Waals surface area contributed by atoms with E-state index >= 15 is 0 Å². The minimum atomic E-state index is -0.0448. The molecule has 6 nitrogen and oxygen atoms in total. The molecule has 1 saturated heterocycles. The number of aryl methyl sites for hydroxylation is 2. The molecule has 1 atom stereocenters. The van der Waals surface area contributed by atoms with Crippen molar-refractivity contribution in [3.8, 4) is 11.3 Å². The fraction of sp³-hybridized carbons (Fsp3) is 0.333. The van der Waals surface area contributed by atoms with Crippen LogP contribution in [-0.4, -0.2) is 34.2 Å². The molecule has 1 aliphatic heterocycles. The highest BCUT2D eigenvalue weighted by Crippen LogP contribution is 2.24. The van der Waals surface area contributed by atoms with Crippen LogP contribution in [-0.2, 0) is 11.3 Å². The maximum Gasteiger partial charge on any atom is 0.225 e. The number of hydrogen-bond acceptors (Lipinski definition) is 5. The first kappa shape index (κ1) is 20.0. The van der Waals surface area contributed by atoms with Crippen LogP contribution in [0.25, 0.3) is 11.3 Å². The monoisotopic (exact) mass is 401 g/mol. The van der Waals surface area contributed by atoms with Crippen LogP contribution in [0.4, 0.5) is 5.82 Å². The Kier molecular flexibility index (Phi) is 6.02. The lowest BCUT2D eigenvalue weighted by atomic mass is 9.97. The number of amides is 1. The zero-order valence-electron chi connectivity index (χ0n) is 17.5. The number of anilines is 1. The van der Waals surface area contributed by atoms with Crippen molar-refractivity contribution in [1.29, 1.82) is 0 Å². The number of aromatic nitrogens is 3. The van der Waals surface area contributed by atoms with Crippen molar-refractivity contribution in [3.63, 3.8) is 0 Å². The van der Waals surface area contributed by atoms with E-state index in [4.69, 9.17) is 0 Å². The number of carbonyl (C=O) groups is 1. The van der Waals surface area contributed by atoms with Gasteiger partial charge in [0.05, 0.1) is 11.6 Å². The van der Waals surface area contributed by atoms with E-state index in [-0.39, 0.29) is 11.8 Å². The van der Waals surface area contributed by atoms with Gasteiger partial charge in [0.1, 0.15) is 0 Å². The number of benzene rings is 1. The molecule has 30 heavy (non-hydrogen) atoms. The first-order chi connectivity index (χ1) is 14.6. The number of hydrogen-bond donors (Lipinski definition) is 1. The van der Waals surface area contributed by atoms with Gasteiger partial charge in [-0.25, -0.2) is 0 Å². The number of nitrogens with zero attached hydrogens (tertiary/aromatic N) is 4. The highest BCUT2D eigenvalue weighted by Gasteiger charge is 2.26. The van der Waals surface area contributed by atoms with Crippen LogP contribution in [0, 0.1) is 19.8 Å². The maximum absolute atomic E-state index is 12.7. The van der Waals surface area contributed by atoms with Gasteiger partial charge >= 0.3 is 0 Å². The van der Waals surface area contributed by atoms with Crippen LogP contribution in [0.2, 0.25) is 0 Å². The molecule has 3 heterocycles. The third kappa shape index (κ3) is 4.64. The summed E-state index contributed by atoms with van der Waals surface area (Å²) in [6, 6.07) is 14.2. The molecule has 1 aliphatic rings. The molecule has 6 heteroatoms. The van der Waals surface area contributed by atoms with Gasteiger partial charge in [-0.05, 0) is 67.6 Å². The molecule has 0 saturated carbocycles. The molecule has 0 aliphatic carbocycles. The average molecular weight is 402 g/mol. The van der Waals surface area contributed by atoms with Crippen LogP contribution in [0.15, 0.2) is 54.9 Å². The Morgan fingerprint density at radius 3 is 2.77 bits per heavy atom. The summed E-state index contributed by atoms with van der Waals surface area (Å²) in [6.07, 6.45) is 5.37. The zero-order valence-corrected chi connectivity index (χ0v) is 17.5. The predicted octanol–water partition coefficient (Wildman–Crippen LogP) is 3.69. The summed E-state index contributed by atoms with van der Waals surface area (Å²) in [7, 11) is 0. The zero-order chi connectivity index (χ0) is 20.9. The molecule has 3 aromatic rings. The molecule has 1 fully saturated rings. The lowest BCUT2D eigenvalue weighted by molar-refractivity contribution is -0.125. The number of rotatable bonds is 5.